The molecule has 0 bridgehead atoms. The lowest BCUT2D eigenvalue weighted by Crippen LogP contribution is -2.04. The first kappa shape index (κ1) is 11.2. The van der Waals surface area contributed by atoms with Crippen LogP contribution >= 0.6 is 23.2 Å². The number of ether oxygens (including phenoxy) is 1. The van der Waals surface area contributed by atoms with Crippen molar-refractivity contribution in [3.8, 4) is 0 Å². The number of fused-ring (bicyclic) bond motifs is 1. The molecule has 7 heteroatoms. The average molecular weight is 260 g/mol. The molecule has 2 aromatic heterocycles. The quantitative estimate of drug-likeness (QED) is 0.777. The van der Waals surface area contributed by atoms with E-state index >= 15 is 0 Å². The minimum atomic E-state index is -0.501. The van der Waals surface area contributed by atoms with Crippen molar-refractivity contribution < 1.29 is 9.53 Å². The molecule has 0 radical (unpaired) electrons. The van der Waals surface area contributed by atoms with Crippen LogP contribution in [0.5, 0.6) is 0 Å². The van der Waals surface area contributed by atoms with Gasteiger partial charge in [-0.1, -0.05) is 23.2 Å². The van der Waals surface area contributed by atoms with Gasteiger partial charge in [-0.3, -0.25) is 0 Å². The number of aromatic nitrogens is 3. The van der Waals surface area contributed by atoms with Crippen LogP contribution in [0.1, 0.15) is 17.4 Å². The molecular formula is C9H7Cl2N3O2. The number of carbonyl (C=O) groups is 1. The molecule has 0 aromatic carbocycles. The van der Waals surface area contributed by atoms with Gasteiger partial charge in [-0.05, 0) is 6.92 Å². The molecule has 0 aliphatic heterocycles. The van der Waals surface area contributed by atoms with Crippen molar-refractivity contribution in [2.24, 2.45) is 0 Å². The molecule has 84 valence electrons. The zero-order valence-corrected chi connectivity index (χ0v) is 9.79. The minimum absolute atomic E-state index is 0.142. The lowest BCUT2D eigenvalue weighted by molar-refractivity contribution is 0.0520. The Bertz CT molecular complexity index is 553. The van der Waals surface area contributed by atoms with Crippen molar-refractivity contribution in [1.29, 1.82) is 0 Å². The second-order valence-electron chi connectivity index (χ2n) is 2.93. The third kappa shape index (κ3) is 1.96. The van der Waals surface area contributed by atoms with Gasteiger partial charge in [0, 0.05) is 12.4 Å². The number of carbonyl (C=O) groups excluding carboxylic acids is 1. The van der Waals surface area contributed by atoms with Gasteiger partial charge >= 0.3 is 5.97 Å². The van der Waals surface area contributed by atoms with Crippen molar-refractivity contribution in [2.75, 3.05) is 6.61 Å². The number of imidazole rings is 1. The van der Waals surface area contributed by atoms with Crippen LogP contribution in [0.15, 0.2) is 12.4 Å². The predicted octanol–water partition coefficient (Wildman–Crippen LogP) is 2.21. The molecule has 5 nitrogen and oxygen atoms in total. The summed E-state index contributed by atoms with van der Waals surface area (Å²) in [5.74, 6) is -0.501. The molecule has 2 aromatic rings. The molecule has 0 fully saturated rings. The van der Waals surface area contributed by atoms with Crippen LogP contribution in [-0.2, 0) is 4.74 Å². The fraction of sp³-hybridized carbons (Fsp3) is 0.222. The van der Waals surface area contributed by atoms with E-state index in [9.17, 15) is 4.79 Å². The van der Waals surface area contributed by atoms with Crippen molar-refractivity contribution in [1.82, 2.24) is 14.4 Å². The summed E-state index contributed by atoms with van der Waals surface area (Å²) < 4.78 is 6.35. The maximum atomic E-state index is 11.4. The number of hydrogen-bond acceptors (Lipinski definition) is 4. The molecule has 2 heterocycles. The lowest BCUT2D eigenvalue weighted by atomic mass is 10.5. The van der Waals surface area contributed by atoms with E-state index in [1.54, 1.807) is 6.92 Å². The van der Waals surface area contributed by atoms with Crippen molar-refractivity contribution in [3.63, 3.8) is 0 Å². The van der Waals surface area contributed by atoms with Gasteiger partial charge in [0.15, 0.2) is 16.5 Å². The van der Waals surface area contributed by atoms with Gasteiger partial charge in [-0.15, -0.1) is 0 Å². The number of halogens is 2. The number of rotatable bonds is 2. The minimum Gasteiger partial charge on any atom is -0.461 e. The van der Waals surface area contributed by atoms with E-state index in [4.69, 9.17) is 27.9 Å². The van der Waals surface area contributed by atoms with Gasteiger partial charge in [0.05, 0.1) is 6.61 Å². The fourth-order valence-electron chi connectivity index (χ4n) is 1.24. The van der Waals surface area contributed by atoms with Crippen LogP contribution in [0.3, 0.4) is 0 Å². The molecule has 0 N–H and O–H groups in total. The molecular weight excluding hydrogens is 253 g/mol. The summed E-state index contributed by atoms with van der Waals surface area (Å²) >= 11 is 11.5. The van der Waals surface area contributed by atoms with Gasteiger partial charge < -0.3 is 9.14 Å². The Kier molecular flexibility index (Phi) is 2.98. The first-order valence-corrected chi connectivity index (χ1v) is 5.25. The summed E-state index contributed by atoms with van der Waals surface area (Å²) in [5, 5.41) is 0.369. The highest BCUT2D eigenvalue weighted by Crippen LogP contribution is 2.18. The highest BCUT2D eigenvalue weighted by Gasteiger charge is 2.14. The Morgan fingerprint density at radius 1 is 1.44 bits per heavy atom. The molecule has 0 atom stereocenters. The monoisotopic (exact) mass is 259 g/mol. The molecule has 16 heavy (non-hydrogen) atoms. The van der Waals surface area contributed by atoms with E-state index < -0.39 is 5.97 Å². The molecule has 0 amide bonds. The molecule has 0 saturated heterocycles. The SMILES string of the molecule is CCOC(=O)c1cn2cc(Cl)nc(Cl)c2n1. The summed E-state index contributed by atoms with van der Waals surface area (Å²) in [6.07, 6.45) is 3.01. The van der Waals surface area contributed by atoms with E-state index in [1.807, 2.05) is 0 Å². The number of esters is 1. The molecule has 0 saturated carbocycles. The second-order valence-corrected chi connectivity index (χ2v) is 3.68. The van der Waals surface area contributed by atoms with Crippen LogP contribution < -0.4 is 0 Å². The Hall–Kier alpha value is -1.33. The zero-order chi connectivity index (χ0) is 11.7. The van der Waals surface area contributed by atoms with Crippen LogP contribution in [-0.4, -0.2) is 26.9 Å². The molecule has 2 rings (SSSR count). The van der Waals surface area contributed by atoms with E-state index in [-0.39, 0.29) is 16.0 Å². The van der Waals surface area contributed by atoms with E-state index in [0.29, 0.717) is 12.3 Å². The molecule has 0 spiro atoms. The van der Waals surface area contributed by atoms with Crippen molar-refractivity contribution in [3.05, 3.63) is 28.4 Å². The third-order valence-electron chi connectivity index (χ3n) is 1.85. The summed E-state index contributed by atoms with van der Waals surface area (Å²) in [5.41, 5.74) is 0.543. The largest absolute Gasteiger partial charge is 0.461 e. The smallest absolute Gasteiger partial charge is 0.358 e. The van der Waals surface area contributed by atoms with E-state index in [2.05, 4.69) is 9.97 Å². The third-order valence-corrected chi connectivity index (χ3v) is 2.29. The van der Waals surface area contributed by atoms with Gasteiger partial charge in [0.1, 0.15) is 5.15 Å². The van der Waals surface area contributed by atoms with Gasteiger partial charge in [0.25, 0.3) is 0 Å². The summed E-state index contributed by atoms with van der Waals surface area (Å²) in [6.45, 7) is 2.01. The van der Waals surface area contributed by atoms with E-state index in [0.717, 1.165) is 0 Å². The van der Waals surface area contributed by atoms with Gasteiger partial charge in [-0.2, -0.15) is 0 Å². The number of hydrogen-bond donors (Lipinski definition) is 0. The highest BCUT2D eigenvalue weighted by molar-refractivity contribution is 6.34. The van der Waals surface area contributed by atoms with Gasteiger partial charge in [-0.25, -0.2) is 14.8 Å². The summed E-state index contributed by atoms with van der Waals surface area (Å²) in [4.78, 5) is 19.2. The maximum absolute atomic E-state index is 11.4. The normalized spacial score (nSPS) is 10.7. The summed E-state index contributed by atoms with van der Waals surface area (Å²) in [7, 11) is 0. The highest BCUT2D eigenvalue weighted by atomic mass is 35.5. The Labute approximate surface area is 101 Å². The van der Waals surface area contributed by atoms with Crippen LogP contribution in [0.25, 0.3) is 5.65 Å². The number of nitrogens with zero attached hydrogens (tertiary/aromatic N) is 3. The second kappa shape index (κ2) is 4.27. The Balaban J connectivity index is 2.51. The van der Waals surface area contributed by atoms with Crippen molar-refractivity contribution >= 4 is 34.8 Å². The first-order chi connectivity index (χ1) is 7.61. The van der Waals surface area contributed by atoms with E-state index in [1.165, 1.54) is 16.8 Å². The first-order valence-electron chi connectivity index (χ1n) is 4.49. The Morgan fingerprint density at radius 2 is 2.19 bits per heavy atom. The predicted molar refractivity (Wildman–Crippen MR) is 59.0 cm³/mol. The van der Waals surface area contributed by atoms with Crippen LogP contribution in [0, 0.1) is 0 Å². The molecule has 0 unspecified atom stereocenters. The van der Waals surface area contributed by atoms with Gasteiger partial charge in [0.2, 0.25) is 0 Å². The zero-order valence-electron chi connectivity index (χ0n) is 8.28. The van der Waals surface area contributed by atoms with Crippen molar-refractivity contribution in [2.45, 2.75) is 6.92 Å². The topological polar surface area (TPSA) is 56.5 Å². The maximum Gasteiger partial charge on any atom is 0.358 e. The standard InChI is InChI=1S/C9H7Cl2N3O2/c1-2-16-9(15)5-3-14-4-6(10)13-7(11)8(14)12-5/h3-4H,2H2,1H3. The summed E-state index contributed by atoms with van der Waals surface area (Å²) in [6, 6.07) is 0. The van der Waals surface area contributed by atoms with Crippen LogP contribution in [0.2, 0.25) is 10.3 Å². The molecule has 0 aliphatic rings. The lowest BCUT2D eigenvalue weighted by Gasteiger charge is -1.95. The van der Waals surface area contributed by atoms with Crippen LogP contribution in [0.4, 0.5) is 0 Å². The Morgan fingerprint density at radius 3 is 2.88 bits per heavy atom. The fourth-order valence-corrected chi connectivity index (χ4v) is 1.70. The average Bonchev–Trinajstić information content (AvgIpc) is 2.62. The molecule has 0 aliphatic carbocycles.